The second kappa shape index (κ2) is 8.43. The second-order valence-electron chi connectivity index (χ2n) is 6.38. The number of nitro groups is 1. The van der Waals surface area contributed by atoms with Gasteiger partial charge in [0.15, 0.2) is 0 Å². The van der Waals surface area contributed by atoms with Gasteiger partial charge in [-0.15, -0.1) is 0 Å². The second-order valence-corrected chi connectivity index (χ2v) is 8.46. The van der Waals surface area contributed by atoms with Gasteiger partial charge in [0.1, 0.15) is 15.8 Å². The molecule has 0 atom stereocenters. The number of carbonyl (C=O) groups is 1. The number of non-ortho nitro benzene ring substituents is 1. The maximum absolute atomic E-state index is 12.8. The first-order valence-corrected chi connectivity index (χ1v) is 10.4. The van der Waals surface area contributed by atoms with Crippen molar-refractivity contribution < 1.29 is 14.1 Å². The van der Waals surface area contributed by atoms with Gasteiger partial charge in [0.25, 0.3) is 11.6 Å². The number of amides is 1. The lowest BCUT2D eigenvalue weighted by molar-refractivity contribution is -0.384. The van der Waals surface area contributed by atoms with E-state index >= 15 is 0 Å². The molecule has 0 N–H and O–H groups in total. The molecule has 150 valence electrons. The first-order valence-electron chi connectivity index (χ1n) is 8.76. The topological polar surface area (TPSA) is 76.6 Å². The summed E-state index contributed by atoms with van der Waals surface area (Å²) in [5.74, 6) is 0.600. The average molecular weight is 457 g/mol. The number of benzene rings is 2. The molecule has 0 spiro atoms. The van der Waals surface area contributed by atoms with Crippen molar-refractivity contribution in [3.63, 3.8) is 0 Å². The van der Waals surface area contributed by atoms with Gasteiger partial charge in [-0.3, -0.25) is 19.8 Å². The van der Waals surface area contributed by atoms with E-state index in [9.17, 15) is 14.9 Å². The lowest BCUT2D eigenvalue weighted by atomic mass is 10.1. The van der Waals surface area contributed by atoms with E-state index in [4.69, 9.17) is 28.2 Å². The van der Waals surface area contributed by atoms with Crippen LogP contribution in [0, 0.1) is 10.1 Å². The van der Waals surface area contributed by atoms with Crippen LogP contribution >= 0.6 is 35.6 Å². The third kappa shape index (κ3) is 4.16. The van der Waals surface area contributed by atoms with Crippen molar-refractivity contribution in [3.8, 4) is 11.3 Å². The number of nitro benzene ring substituents is 1. The number of nitrogens with zero attached hydrogens (tertiary/aromatic N) is 2. The molecule has 6 nitrogen and oxygen atoms in total. The summed E-state index contributed by atoms with van der Waals surface area (Å²) in [6.45, 7) is 0.398. The highest BCUT2D eigenvalue weighted by molar-refractivity contribution is 8.26. The molecule has 1 aliphatic heterocycles. The Bertz CT molecular complexity index is 1190. The SMILES string of the molecule is O=C1/C(=C\c2ccc(-c3cc([N+](=O)[O-])ccc3Cl)o2)SC(=S)N1Cc1ccccc1. The highest BCUT2D eigenvalue weighted by Crippen LogP contribution is 2.36. The largest absolute Gasteiger partial charge is 0.457 e. The van der Waals surface area contributed by atoms with Crippen LogP contribution in [0.1, 0.15) is 11.3 Å². The van der Waals surface area contributed by atoms with E-state index in [-0.39, 0.29) is 11.6 Å². The van der Waals surface area contributed by atoms with Crippen molar-refractivity contribution in [1.82, 2.24) is 4.90 Å². The normalized spacial score (nSPS) is 15.2. The summed E-state index contributed by atoms with van der Waals surface area (Å²) in [7, 11) is 0. The highest BCUT2D eigenvalue weighted by Gasteiger charge is 2.32. The monoisotopic (exact) mass is 456 g/mol. The summed E-state index contributed by atoms with van der Waals surface area (Å²) in [4.78, 5) is 25.3. The maximum atomic E-state index is 12.8. The molecule has 9 heteroatoms. The summed E-state index contributed by atoms with van der Waals surface area (Å²) < 4.78 is 6.25. The van der Waals surface area contributed by atoms with Crippen LogP contribution in [0.25, 0.3) is 17.4 Å². The maximum Gasteiger partial charge on any atom is 0.270 e. The van der Waals surface area contributed by atoms with Crippen molar-refractivity contribution in [2.45, 2.75) is 6.54 Å². The molecule has 0 saturated carbocycles. The van der Waals surface area contributed by atoms with Crippen LogP contribution in [0.15, 0.2) is 70.0 Å². The van der Waals surface area contributed by atoms with Crippen LogP contribution in [0.3, 0.4) is 0 Å². The number of thiocarbonyl (C=S) groups is 1. The number of hydrogen-bond donors (Lipinski definition) is 0. The van der Waals surface area contributed by atoms with E-state index in [1.54, 1.807) is 23.1 Å². The minimum Gasteiger partial charge on any atom is -0.457 e. The Balaban J connectivity index is 1.57. The molecule has 0 unspecified atom stereocenters. The van der Waals surface area contributed by atoms with Gasteiger partial charge in [-0.2, -0.15) is 0 Å². The minimum absolute atomic E-state index is 0.0888. The summed E-state index contributed by atoms with van der Waals surface area (Å²) in [6.07, 6.45) is 1.61. The molecule has 0 radical (unpaired) electrons. The molecule has 0 bridgehead atoms. The summed E-state index contributed by atoms with van der Waals surface area (Å²) in [6, 6.07) is 17.1. The molecule has 1 fully saturated rings. The quantitative estimate of drug-likeness (QED) is 0.205. The zero-order valence-electron chi connectivity index (χ0n) is 15.3. The predicted octanol–water partition coefficient (Wildman–Crippen LogP) is 5.91. The van der Waals surface area contributed by atoms with Gasteiger partial charge in [0.05, 0.1) is 21.4 Å². The number of carbonyl (C=O) groups excluding carboxylic acids is 1. The van der Waals surface area contributed by atoms with E-state index in [1.165, 1.54) is 30.0 Å². The van der Waals surface area contributed by atoms with E-state index in [0.29, 0.717) is 37.9 Å². The minimum atomic E-state index is -0.498. The van der Waals surface area contributed by atoms with Crippen LogP contribution in [0.2, 0.25) is 5.02 Å². The van der Waals surface area contributed by atoms with Crippen LogP contribution in [-0.4, -0.2) is 20.1 Å². The van der Waals surface area contributed by atoms with E-state index in [0.717, 1.165) is 5.56 Å². The fourth-order valence-corrected chi connectivity index (χ4v) is 4.37. The standard InChI is InChI=1S/C21H13ClN2O4S2/c22-17-8-6-14(24(26)27)10-16(17)18-9-7-15(28-18)11-19-20(25)23(21(29)30-19)12-13-4-2-1-3-5-13/h1-11H,12H2/b19-11+. The fourth-order valence-electron chi connectivity index (χ4n) is 2.92. The molecule has 4 rings (SSSR count). The van der Waals surface area contributed by atoms with Crippen molar-refractivity contribution in [3.05, 3.63) is 92.0 Å². The van der Waals surface area contributed by atoms with Gasteiger partial charge >= 0.3 is 0 Å². The molecule has 3 aromatic rings. The molecule has 1 amide bonds. The van der Waals surface area contributed by atoms with Gasteiger partial charge in [-0.05, 0) is 23.8 Å². The first-order chi connectivity index (χ1) is 14.4. The predicted molar refractivity (Wildman–Crippen MR) is 121 cm³/mol. The van der Waals surface area contributed by atoms with Crippen molar-refractivity contribution >= 4 is 57.6 Å². The zero-order valence-corrected chi connectivity index (χ0v) is 17.7. The van der Waals surface area contributed by atoms with Crippen molar-refractivity contribution in [2.75, 3.05) is 0 Å². The molecule has 2 aromatic carbocycles. The van der Waals surface area contributed by atoms with Gasteiger partial charge in [0, 0.05) is 23.8 Å². The summed E-state index contributed by atoms with van der Waals surface area (Å²) >= 11 is 12.7. The van der Waals surface area contributed by atoms with Crippen LogP contribution in [0.4, 0.5) is 5.69 Å². The van der Waals surface area contributed by atoms with Crippen LogP contribution in [0.5, 0.6) is 0 Å². The molecule has 1 saturated heterocycles. The Morgan fingerprint density at radius 1 is 1.17 bits per heavy atom. The summed E-state index contributed by atoms with van der Waals surface area (Å²) in [5, 5.41) is 11.4. The van der Waals surface area contributed by atoms with E-state index in [1.807, 2.05) is 30.3 Å². The van der Waals surface area contributed by atoms with Gasteiger partial charge < -0.3 is 4.42 Å². The highest BCUT2D eigenvalue weighted by atomic mass is 35.5. The van der Waals surface area contributed by atoms with Crippen molar-refractivity contribution in [2.24, 2.45) is 0 Å². The smallest absolute Gasteiger partial charge is 0.270 e. The first kappa shape index (κ1) is 20.3. The number of thioether (sulfide) groups is 1. The molecule has 30 heavy (non-hydrogen) atoms. The lowest BCUT2D eigenvalue weighted by Gasteiger charge is -2.14. The number of furan rings is 1. The molecule has 1 aromatic heterocycles. The number of halogens is 1. The Kier molecular flexibility index (Phi) is 5.72. The van der Waals surface area contributed by atoms with Gasteiger partial charge in [-0.1, -0.05) is 65.9 Å². The third-order valence-electron chi connectivity index (χ3n) is 4.38. The Morgan fingerprint density at radius 3 is 2.67 bits per heavy atom. The molecule has 1 aliphatic rings. The Labute approximate surface area is 186 Å². The average Bonchev–Trinajstić information content (AvgIpc) is 3.29. The molecule has 0 aliphatic carbocycles. The third-order valence-corrected chi connectivity index (χ3v) is 6.09. The van der Waals surface area contributed by atoms with E-state index in [2.05, 4.69) is 0 Å². The van der Waals surface area contributed by atoms with Crippen LogP contribution < -0.4 is 0 Å². The molecule has 2 heterocycles. The lowest BCUT2D eigenvalue weighted by Crippen LogP contribution is -2.27. The van der Waals surface area contributed by atoms with E-state index < -0.39 is 4.92 Å². The Hall–Kier alpha value is -2.94. The van der Waals surface area contributed by atoms with Crippen LogP contribution in [-0.2, 0) is 11.3 Å². The molecular weight excluding hydrogens is 444 g/mol. The fraction of sp³-hybridized carbons (Fsp3) is 0.0476. The molecular formula is C21H13ClN2O4S2. The Morgan fingerprint density at radius 2 is 1.93 bits per heavy atom. The number of rotatable bonds is 5. The summed E-state index contributed by atoms with van der Waals surface area (Å²) in [5.41, 5.74) is 1.30. The van der Waals surface area contributed by atoms with Gasteiger partial charge in [-0.25, -0.2) is 0 Å². The zero-order chi connectivity index (χ0) is 21.3. The van der Waals surface area contributed by atoms with Gasteiger partial charge in [0.2, 0.25) is 0 Å². The number of hydrogen-bond acceptors (Lipinski definition) is 6. The van der Waals surface area contributed by atoms with Crippen molar-refractivity contribution in [1.29, 1.82) is 0 Å².